The molecule has 1 aliphatic carbocycles. The summed E-state index contributed by atoms with van der Waals surface area (Å²) in [6, 6.07) is 4.86. The minimum atomic E-state index is -4.53. The third kappa shape index (κ3) is 4.45. The van der Waals surface area contributed by atoms with E-state index in [-0.39, 0.29) is 0 Å². The molecule has 0 spiro atoms. The van der Waals surface area contributed by atoms with Gasteiger partial charge < -0.3 is 0 Å². The second-order valence-electron chi connectivity index (χ2n) is 6.17. The molecule has 0 aliphatic heterocycles. The van der Waals surface area contributed by atoms with Crippen LogP contribution in [0.4, 0.5) is 13.2 Å². The van der Waals surface area contributed by atoms with Crippen molar-refractivity contribution in [2.45, 2.75) is 32.9 Å². The van der Waals surface area contributed by atoms with Crippen LogP contribution in [0.3, 0.4) is 0 Å². The third-order valence-corrected chi connectivity index (χ3v) is 5.59. The molecule has 0 atom stereocenters. The number of rotatable bonds is 4. The molecule has 0 N–H and O–H groups in total. The first-order valence-corrected chi connectivity index (χ1v) is 9.60. The molecule has 0 unspecified atom stereocenters. The fraction of sp³-hybridized carbons (Fsp3) is 0.250. The molecule has 0 bridgehead atoms. The molecule has 142 valence electrons. The van der Waals surface area contributed by atoms with Gasteiger partial charge in [0.2, 0.25) is 0 Å². The molecule has 0 fully saturated rings. The first-order valence-electron chi connectivity index (χ1n) is 8.41. The second-order valence-corrected chi connectivity index (χ2v) is 7.75. The van der Waals surface area contributed by atoms with Gasteiger partial charge in [-0.25, -0.2) is 4.68 Å². The van der Waals surface area contributed by atoms with Gasteiger partial charge >= 0.3 is 6.18 Å². The Morgan fingerprint density at radius 2 is 2.15 bits per heavy atom. The van der Waals surface area contributed by atoms with Gasteiger partial charge in [0.1, 0.15) is 0 Å². The molecule has 0 radical (unpaired) electrons. The maximum absolute atomic E-state index is 13.3. The van der Waals surface area contributed by atoms with Crippen molar-refractivity contribution in [1.82, 2.24) is 9.78 Å². The monoisotopic (exact) mass is 410 g/mol. The van der Waals surface area contributed by atoms with Crippen LogP contribution in [0.2, 0.25) is 0 Å². The Bertz CT molecular complexity index is 958. The number of hydrogen-bond donors (Lipinski definition) is 0. The summed E-state index contributed by atoms with van der Waals surface area (Å²) in [4.78, 5) is 1.81. The van der Waals surface area contributed by atoms with Crippen LogP contribution < -0.4 is 0 Å². The molecule has 2 nitrogen and oxygen atoms in total. The first-order chi connectivity index (χ1) is 12.8. The Morgan fingerprint density at radius 3 is 2.85 bits per heavy atom. The lowest BCUT2D eigenvalue weighted by molar-refractivity contribution is -0.141. The maximum Gasteiger partial charge on any atom is 0.435 e. The lowest BCUT2D eigenvalue weighted by Gasteiger charge is -2.10. The van der Waals surface area contributed by atoms with E-state index < -0.39 is 11.9 Å². The highest BCUT2D eigenvalue weighted by atomic mass is 35.5. The lowest BCUT2D eigenvalue weighted by atomic mass is 10.2. The van der Waals surface area contributed by atoms with Gasteiger partial charge in [0, 0.05) is 11.3 Å². The molecule has 2 aromatic rings. The largest absolute Gasteiger partial charge is 0.435 e. The molecule has 27 heavy (non-hydrogen) atoms. The van der Waals surface area contributed by atoms with E-state index in [0.29, 0.717) is 22.8 Å². The van der Waals surface area contributed by atoms with Crippen LogP contribution in [0.25, 0.3) is 16.3 Å². The van der Waals surface area contributed by atoms with E-state index >= 15 is 0 Å². The summed E-state index contributed by atoms with van der Waals surface area (Å²) in [6.45, 7) is 3.99. The summed E-state index contributed by atoms with van der Waals surface area (Å²) in [6.07, 6.45) is 5.94. The highest BCUT2D eigenvalue weighted by Gasteiger charge is 2.36. The average Bonchev–Trinajstić information content (AvgIpc) is 3.19. The van der Waals surface area contributed by atoms with Crippen LogP contribution in [-0.2, 0) is 12.6 Å². The molecule has 0 amide bonds. The van der Waals surface area contributed by atoms with Crippen LogP contribution in [0.1, 0.15) is 30.8 Å². The zero-order valence-corrected chi connectivity index (χ0v) is 16.4. The summed E-state index contributed by atoms with van der Waals surface area (Å²) < 4.78 is 41.2. The predicted octanol–water partition coefficient (Wildman–Crippen LogP) is 7.06. The molecule has 3 rings (SSSR count). The highest BCUT2D eigenvalue weighted by Crippen LogP contribution is 2.38. The second kappa shape index (κ2) is 7.90. The van der Waals surface area contributed by atoms with E-state index in [1.165, 1.54) is 21.6 Å². The standard InChI is InChI=1S/C20H18ClF3N2S/c1-3-13(2)11-14-9-10-18(27-14)17-12-19(20(22,23)24)25-26(17)16-8-6-4-5-7-15(16)21/h3-5,7-10,12H,6,11H2,1-2H3/b13-3+. The molecular weight excluding hydrogens is 393 g/mol. The summed E-state index contributed by atoms with van der Waals surface area (Å²) in [5.41, 5.74) is 1.11. The van der Waals surface area contributed by atoms with E-state index in [1.807, 2.05) is 38.1 Å². The lowest BCUT2D eigenvalue weighted by Crippen LogP contribution is -2.08. The third-order valence-electron chi connectivity index (χ3n) is 4.16. The Balaban J connectivity index is 2.09. The van der Waals surface area contributed by atoms with Crippen LogP contribution in [0.5, 0.6) is 0 Å². The quantitative estimate of drug-likeness (QED) is 0.493. The predicted molar refractivity (Wildman–Crippen MR) is 106 cm³/mol. The number of alkyl halides is 3. The van der Waals surface area contributed by atoms with E-state index in [9.17, 15) is 13.2 Å². The van der Waals surface area contributed by atoms with Gasteiger partial charge in [-0.05, 0) is 44.5 Å². The zero-order chi connectivity index (χ0) is 19.6. The molecular formula is C20H18ClF3N2S. The number of halogens is 4. The number of aromatic nitrogens is 2. The molecule has 0 saturated carbocycles. The Morgan fingerprint density at radius 1 is 1.37 bits per heavy atom. The van der Waals surface area contributed by atoms with E-state index in [2.05, 4.69) is 5.10 Å². The van der Waals surface area contributed by atoms with Crippen LogP contribution >= 0.6 is 22.9 Å². The van der Waals surface area contributed by atoms with Crippen LogP contribution in [-0.4, -0.2) is 9.78 Å². The van der Waals surface area contributed by atoms with Crippen molar-refractivity contribution in [1.29, 1.82) is 0 Å². The average molecular weight is 411 g/mol. The van der Waals surface area contributed by atoms with Gasteiger partial charge in [0.25, 0.3) is 0 Å². The van der Waals surface area contributed by atoms with Crippen molar-refractivity contribution in [3.63, 3.8) is 0 Å². The molecule has 1 aliphatic rings. The van der Waals surface area contributed by atoms with Gasteiger partial charge in [-0.2, -0.15) is 18.3 Å². The number of thiophene rings is 1. The minimum absolute atomic E-state index is 0.350. The maximum atomic E-state index is 13.3. The summed E-state index contributed by atoms with van der Waals surface area (Å²) in [5, 5.41) is 4.18. The van der Waals surface area contributed by atoms with Crippen LogP contribution in [0, 0.1) is 0 Å². The van der Waals surface area contributed by atoms with Crippen molar-refractivity contribution in [2.75, 3.05) is 0 Å². The molecule has 0 saturated heterocycles. The minimum Gasteiger partial charge on any atom is -0.230 e. The fourth-order valence-electron chi connectivity index (χ4n) is 2.65. The normalized spacial score (nSPS) is 15.6. The number of nitrogens with zero attached hydrogens (tertiary/aromatic N) is 2. The molecule has 2 heterocycles. The summed E-state index contributed by atoms with van der Waals surface area (Å²) >= 11 is 7.76. The molecule has 7 heteroatoms. The molecule has 2 aromatic heterocycles. The van der Waals surface area contributed by atoms with Crippen LogP contribution in [0.15, 0.2) is 59.2 Å². The van der Waals surface area contributed by atoms with Gasteiger partial charge in [-0.3, -0.25) is 0 Å². The van der Waals surface area contributed by atoms with Crippen molar-refractivity contribution < 1.29 is 13.2 Å². The van der Waals surface area contributed by atoms with Crippen molar-refractivity contribution in [2.24, 2.45) is 0 Å². The van der Waals surface area contributed by atoms with E-state index in [4.69, 9.17) is 11.6 Å². The topological polar surface area (TPSA) is 17.8 Å². The van der Waals surface area contributed by atoms with Crippen molar-refractivity contribution >= 4 is 28.6 Å². The van der Waals surface area contributed by atoms with Crippen molar-refractivity contribution in [3.8, 4) is 10.6 Å². The Labute approximate surface area is 165 Å². The Kier molecular flexibility index (Phi) is 5.77. The van der Waals surface area contributed by atoms with Crippen molar-refractivity contribution in [3.05, 3.63) is 69.8 Å². The number of hydrogen-bond acceptors (Lipinski definition) is 2. The fourth-order valence-corrected chi connectivity index (χ4v) is 3.98. The summed E-state index contributed by atoms with van der Waals surface area (Å²) in [5.74, 6) is 0. The number of allylic oxidation sites excluding steroid dienone is 8. The zero-order valence-electron chi connectivity index (χ0n) is 14.8. The SMILES string of the molecule is C/C=C(\C)Cc1ccc(-c2cc(C(F)(F)F)nn2C2=CCC=CC=C2Cl)s1. The Hall–Kier alpha value is -2.05. The molecule has 0 aromatic carbocycles. The van der Waals surface area contributed by atoms with Gasteiger partial charge in [-0.15, -0.1) is 11.3 Å². The summed E-state index contributed by atoms with van der Waals surface area (Å²) in [7, 11) is 0. The first kappa shape index (κ1) is 19.7. The highest BCUT2D eigenvalue weighted by molar-refractivity contribution is 7.15. The smallest absolute Gasteiger partial charge is 0.230 e. The van der Waals surface area contributed by atoms with Gasteiger partial charge in [0.05, 0.1) is 21.3 Å². The van der Waals surface area contributed by atoms with Gasteiger partial charge in [-0.1, -0.05) is 41.5 Å². The van der Waals surface area contributed by atoms with E-state index in [1.54, 1.807) is 18.2 Å². The van der Waals surface area contributed by atoms with E-state index in [0.717, 1.165) is 22.2 Å². The van der Waals surface area contributed by atoms with Gasteiger partial charge in [0.15, 0.2) is 5.69 Å².